The summed E-state index contributed by atoms with van der Waals surface area (Å²) in [5.74, 6) is -2.23. The monoisotopic (exact) mass is 288 g/mol. The number of hydrogen-bond donors (Lipinski definition) is 2. The van der Waals surface area contributed by atoms with Crippen molar-refractivity contribution in [3.05, 3.63) is 0 Å². The van der Waals surface area contributed by atoms with Gasteiger partial charge in [-0.15, -0.1) is 0 Å². The van der Waals surface area contributed by atoms with Crippen molar-refractivity contribution < 1.29 is 29.0 Å². The summed E-state index contributed by atoms with van der Waals surface area (Å²) in [4.78, 5) is 45.8. The van der Waals surface area contributed by atoms with Crippen LogP contribution in [0.3, 0.4) is 0 Å². The molecule has 0 aromatic rings. The summed E-state index contributed by atoms with van der Waals surface area (Å²) in [6, 6.07) is -0.744. The summed E-state index contributed by atoms with van der Waals surface area (Å²) < 4.78 is 4.39. The molecule has 0 saturated heterocycles. The Balaban J connectivity index is 4.36. The van der Waals surface area contributed by atoms with E-state index < -0.39 is 29.3 Å². The number of amides is 3. The van der Waals surface area contributed by atoms with Gasteiger partial charge in [-0.1, -0.05) is 13.8 Å². The molecule has 3 amide bonds. The number of urea groups is 1. The maximum Gasteiger partial charge on any atom is 0.325 e. The molecule has 0 aliphatic rings. The molecule has 2 N–H and O–H groups in total. The van der Waals surface area contributed by atoms with Gasteiger partial charge in [0.1, 0.15) is 6.54 Å². The third-order valence-electron chi connectivity index (χ3n) is 2.46. The number of ether oxygens (including phenoxy) is 1. The second-order valence-electron chi connectivity index (χ2n) is 5.20. The number of methoxy groups -OCH3 is 1. The molecule has 0 rings (SSSR count). The topological polar surface area (TPSA) is 113 Å². The smallest absolute Gasteiger partial charge is 0.325 e. The molecule has 0 saturated carbocycles. The number of nitrogens with zero attached hydrogens (tertiary/aromatic N) is 1. The van der Waals surface area contributed by atoms with Gasteiger partial charge in [-0.25, -0.2) is 4.79 Å². The van der Waals surface area contributed by atoms with Gasteiger partial charge in [0.15, 0.2) is 0 Å². The molecular formula is C12H20N2O6. The Labute approximate surface area is 117 Å². The zero-order valence-corrected chi connectivity index (χ0v) is 12.1. The fourth-order valence-electron chi connectivity index (χ4n) is 1.50. The minimum Gasteiger partial charge on any atom is -0.481 e. The van der Waals surface area contributed by atoms with E-state index in [4.69, 9.17) is 5.11 Å². The van der Waals surface area contributed by atoms with Gasteiger partial charge in [-0.05, 0) is 5.41 Å². The van der Waals surface area contributed by atoms with E-state index in [1.165, 1.54) is 14.2 Å². The maximum atomic E-state index is 11.6. The highest BCUT2D eigenvalue weighted by Gasteiger charge is 2.26. The van der Waals surface area contributed by atoms with Gasteiger partial charge >= 0.3 is 18.0 Å². The number of nitrogens with one attached hydrogen (secondary N) is 1. The fourth-order valence-corrected chi connectivity index (χ4v) is 1.50. The number of carboxylic acid groups (broad SMARTS) is 1. The highest BCUT2D eigenvalue weighted by atomic mass is 16.5. The fraction of sp³-hybridized carbons (Fsp3) is 0.667. The molecule has 0 heterocycles. The maximum absolute atomic E-state index is 11.6. The second-order valence-corrected chi connectivity index (χ2v) is 5.20. The van der Waals surface area contributed by atoms with Crippen LogP contribution in [0, 0.1) is 5.41 Å². The Morgan fingerprint density at radius 2 is 1.75 bits per heavy atom. The average molecular weight is 288 g/mol. The van der Waals surface area contributed by atoms with Gasteiger partial charge in [0.25, 0.3) is 0 Å². The number of likely N-dealkylation sites (N-methyl/N-ethyl adjacent to an activating group) is 1. The Bertz CT molecular complexity index is 405. The molecule has 0 aliphatic heterocycles. The van der Waals surface area contributed by atoms with E-state index in [-0.39, 0.29) is 19.4 Å². The second kappa shape index (κ2) is 7.46. The van der Waals surface area contributed by atoms with Crippen LogP contribution >= 0.6 is 0 Å². The summed E-state index contributed by atoms with van der Waals surface area (Å²) in [5.41, 5.74) is -0.767. The van der Waals surface area contributed by atoms with Gasteiger partial charge in [0.2, 0.25) is 5.91 Å². The zero-order valence-electron chi connectivity index (χ0n) is 12.1. The molecule has 0 atom stereocenters. The molecule has 0 bridgehead atoms. The first-order valence-corrected chi connectivity index (χ1v) is 5.91. The lowest BCUT2D eigenvalue weighted by molar-refractivity contribution is -0.142. The third kappa shape index (κ3) is 7.34. The Morgan fingerprint density at radius 1 is 1.20 bits per heavy atom. The minimum atomic E-state index is -1.02. The van der Waals surface area contributed by atoms with E-state index in [0.29, 0.717) is 0 Å². The molecule has 0 aromatic carbocycles. The SMILES string of the molecule is COC(=O)CN(C)C(=O)NC(=O)CC(C)(C)CC(=O)O. The Hall–Kier alpha value is -2.12. The predicted octanol–water partition coefficient (Wildman–Crippen LogP) is 0.218. The molecule has 114 valence electrons. The standard InChI is InChI=1S/C12H20N2O6/c1-12(2,6-9(16)17)5-8(15)13-11(19)14(3)7-10(18)20-4/h5-7H2,1-4H3,(H,16,17)(H,13,15,19). The summed E-state index contributed by atoms with van der Waals surface area (Å²) in [7, 11) is 2.52. The lowest BCUT2D eigenvalue weighted by Crippen LogP contribution is -2.44. The van der Waals surface area contributed by atoms with Crippen molar-refractivity contribution in [1.29, 1.82) is 0 Å². The summed E-state index contributed by atoms with van der Waals surface area (Å²) >= 11 is 0. The average Bonchev–Trinajstić information content (AvgIpc) is 2.25. The molecule has 8 heteroatoms. The van der Waals surface area contributed by atoms with Crippen molar-refractivity contribution in [2.24, 2.45) is 5.41 Å². The van der Waals surface area contributed by atoms with Crippen LogP contribution in [0.1, 0.15) is 26.7 Å². The summed E-state index contributed by atoms with van der Waals surface area (Å²) in [6.45, 7) is 2.95. The van der Waals surface area contributed by atoms with Crippen LogP contribution in [0.4, 0.5) is 4.79 Å². The normalized spacial score (nSPS) is 10.6. The van der Waals surface area contributed by atoms with Crippen molar-refractivity contribution >= 4 is 23.9 Å². The first kappa shape index (κ1) is 17.9. The summed E-state index contributed by atoms with van der Waals surface area (Å²) in [6.07, 6.45) is -0.302. The molecular weight excluding hydrogens is 268 g/mol. The first-order valence-electron chi connectivity index (χ1n) is 5.91. The van der Waals surface area contributed by atoms with Crippen LogP contribution in [0.2, 0.25) is 0 Å². The number of aliphatic carboxylic acids is 1. The quantitative estimate of drug-likeness (QED) is 0.676. The van der Waals surface area contributed by atoms with Crippen molar-refractivity contribution in [3.8, 4) is 0 Å². The van der Waals surface area contributed by atoms with Crippen molar-refractivity contribution in [2.45, 2.75) is 26.7 Å². The molecule has 8 nitrogen and oxygen atoms in total. The first-order chi connectivity index (χ1) is 9.07. The van der Waals surface area contributed by atoms with Gasteiger partial charge in [0, 0.05) is 13.5 Å². The molecule has 0 aliphatic carbocycles. The molecule has 0 fully saturated rings. The van der Waals surface area contributed by atoms with Crippen LogP contribution in [-0.2, 0) is 19.1 Å². The van der Waals surface area contributed by atoms with E-state index in [0.717, 1.165) is 4.90 Å². The number of rotatable bonds is 6. The van der Waals surface area contributed by atoms with Crippen molar-refractivity contribution in [1.82, 2.24) is 10.2 Å². The van der Waals surface area contributed by atoms with E-state index in [2.05, 4.69) is 10.1 Å². The Kier molecular flexibility index (Phi) is 6.67. The summed E-state index contributed by atoms with van der Waals surface area (Å²) in [5, 5.41) is 10.8. The lowest BCUT2D eigenvalue weighted by Gasteiger charge is -2.22. The molecule has 0 spiro atoms. The van der Waals surface area contributed by atoms with Gasteiger partial charge in [-0.2, -0.15) is 0 Å². The molecule has 0 aromatic heterocycles. The molecule has 0 radical (unpaired) electrons. The van der Waals surface area contributed by atoms with E-state index in [1.54, 1.807) is 13.8 Å². The zero-order chi connectivity index (χ0) is 15.9. The number of carbonyl (C=O) groups excluding carboxylic acids is 3. The minimum absolute atomic E-state index is 0.114. The number of carbonyl (C=O) groups is 4. The molecule has 20 heavy (non-hydrogen) atoms. The number of hydrogen-bond acceptors (Lipinski definition) is 5. The Morgan fingerprint density at radius 3 is 2.20 bits per heavy atom. The van der Waals surface area contributed by atoms with Gasteiger partial charge < -0.3 is 14.7 Å². The lowest BCUT2D eigenvalue weighted by atomic mass is 9.85. The van der Waals surface area contributed by atoms with Crippen LogP contribution in [-0.4, -0.2) is 54.6 Å². The highest BCUT2D eigenvalue weighted by Crippen LogP contribution is 2.24. The van der Waals surface area contributed by atoms with Crippen LogP contribution in [0.25, 0.3) is 0 Å². The van der Waals surface area contributed by atoms with E-state index >= 15 is 0 Å². The number of imide groups is 1. The van der Waals surface area contributed by atoms with Crippen LogP contribution < -0.4 is 5.32 Å². The van der Waals surface area contributed by atoms with E-state index in [9.17, 15) is 19.2 Å². The van der Waals surface area contributed by atoms with Crippen LogP contribution in [0.15, 0.2) is 0 Å². The number of esters is 1. The largest absolute Gasteiger partial charge is 0.481 e. The predicted molar refractivity (Wildman–Crippen MR) is 68.8 cm³/mol. The number of carboxylic acids is 1. The third-order valence-corrected chi connectivity index (χ3v) is 2.46. The van der Waals surface area contributed by atoms with Crippen molar-refractivity contribution in [3.63, 3.8) is 0 Å². The van der Waals surface area contributed by atoms with Gasteiger partial charge in [0.05, 0.1) is 13.5 Å². The van der Waals surface area contributed by atoms with Gasteiger partial charge in [-0.3, -0.25) is 19.7 Å². The van der Waals surface area contributed by atoms with Crippen molar-refractivity contribution in [2.75, 3.05) is 20.7 Å². The van der Waals surface area contributed by atoms with E-state index in [1.807, 2.05) is 0 Å². The molecule has 0 unspecified atom stereocenters. The highest BCUT2D eigenvalue weighted by molar-refractivity contribution is 5.95. The van der Waals surface area contributed by atoms with Crippen LogP contribution in [0.5, 0.6) is 0 Å².